The fourth-order valence-electron chi connectivity index (χ4n) is 4.13. The summed E-state index contributed by atoms with van der Waals surface area (Å²) in [6, 6.07) is 12.1. The predicted molar refractivity (Wildman–Crippen MR) is 138 cm³/mol. The molecule has 184 valence electrons. The van der Waals surface area contributed by atoms with Gasteiger partial charge in [-0.2, -0.15) is 4.98 Å². The summed E-state index contributed by atoms with van der Waals surface area (Å²) in [5.74, 6) is 1.37. The lowest BCUT2D eigenvalue weighted by Gasteiger charge is -2.30. The van der Waals surface area contributed by atoms with E-state index in [1.807, 2.05) is 12.1 Å². The maximum absolute atomic E-state index is 13.4. The molecule has 1 aliphatic rings. The summed E-state index contributed by atoms with van der Waals surface area (Å²) in [4.78, 5) is 33.9. The van der Waals surface area contributed by atoms with Crippen molar-refractivity contribution in [3.05, 3.63) is 58.7 Å². The van der Waals surface area contributed by atoms with Gasteiger partial charge < -0.3 is 25.4 Å². The van der Waals surface area contributed by atoms with E-state index >= 15 is 0 Å². The third-order valence-corrected chi connectivity index (χ3v) is 6.18. The molecule has 0 amide bonds. The average Bonchev–Trinajstić information content (AvgIpc) is 2.92. The highest BCUT2D eigenvalue weighted by molar-refractivity contribution is 6.30. The maximum Gasteiger partial charge on any atom is 0.222 e. The monoisotopic (exact) mass is 505 g/mol. The van der Waals surface area contributed by atoms with Gasteiger partial charge >= 0.3 is 0 Å². The number of aromatic nitrogens is 4. The smallest absolute Gasteiger partial charge is 0.222 e. The first-order valence-corrected chi connectivity index (χ1v) is 11.7. The first-order valence-electron chi connectivity index (χ1n) is 11.3. The molecule has 5 rings (SSSR count). The number of hydrogen-bond donors (Lipinski definition) is 2. The number of methoxy groups -OCH3 is 2. The molecule has 0 atom stereocenters. The fraction of sp³-hybridized carbons (Fsp3) is 0.240. The number of hydrogen-bond acceptors (Lipinski definition) is 10. The SMILES string of the molecule is COc1ccc(-c2nc3c(C(=O)c4ccc(Cl)cc4)nc(N)nc3nc2N2CCNCC2)cc1OC. The van der Waals surface area contributed by atoms with Crippen molar-refractivity contribution in [3.63, 3.8) is 0 Å². The van der Waals surface area contributed by atoms with E-state index in [1.54, 1.807) is 44.6 Å². The maximum atomic E-state index is 13.4. The highest BCUT2D eigenvalue weighted by Crippen LogP contribution is 2.36. The second-order valence-corrected chi connectivity index (χ2v) is 8.58. The lowest BCUT2D eigenvalue weighted by Crippen LogP contribution is -2.44. The van der Waals surface area contributed by atoms with E-state index in [0.717, 1.165) is 31.7 Å². The van der Waals surface area contributed by atoms with Crippen LogP contribution >= 0.6 is 11.6 Å². The fourth-order valence-corrected chi connectivity index (χ4v) is 4.25. The molecule has 1 fully saturated rings. The van der Waals surface area contributed by atoms with E-state index in [2.05, 4.69) is 20.2 Å². The molecular formula is C25H24ClN7O3. The standard InChI is InChI=1S/C25H24ClN7O3/c1-35-17-8-5-15(13-18(17)36-2)19-24(33-11-9-28-10-12-33)31-23-21(29-19)20(30-25(27)32-23)22(34)14-3-6-16(26)7-4-14/h3-8,13,28H,9-12H2,1-2H3,(H2,27,30,31,32). The summed E-state index contributed by atoms with van der Waals surface area (Å²) in [6.45, 7) is 3.07. The number of nitrogens with zero attached hydrogens (tertiary/aromatic N) is 5. The number of ketones is 1. The molecule has 3 N–H and O–H groups in total. The van der Waals surface area contributed by atoms with Crippen LogP contribution in [0.5, 0.6) is 11.5 Å². The van der Waals surface area contributed by atoms with Crippen LogP contribution in [0.1, 0.15) is 16.1 Å². The van der Waals surface area contributed by atoms with Crippen LogP contribution in [0.4, 0.5) is 11.8 Å². The highest BCUT2D eigenvalue weighted by atomic mass is 35.5. The Bertz CT molecular complexity index is 1440. The minimum absolute atomic E-state index is 0.0563. The summed E-state index contributed by atoms with van der Waals surface area (Å²) >= 11 is 6.00. The molecule has 0 spiro atoms. The lowest BCUT2D eigenvalue weighted by atomic mass is 10.1. The van der Waals surface area contributed by atoms with E-state index in [9.17, 15) is 4.79 Å². The number of ether oxygens (including phenoxy) is 2. The Balaban J connectivity index is 1.74. The average molecular weight is 506 g/mol. The van der Waals surface area contributed by atoms with Crippen molar-refractivity contribution in [3.8, 4) is 22.8 Å². The van der Waals surface area contributed by atoms with Crippen molar-refractivity contribution in [2.75, 3.05) is 51.0 Å². The number of nitrogen functional groups attached to an aromatic ring is 1. The van der Waals surface area contributed by atoms with Gasteiger partial charge in [-0.05, 0) is 42.5 Å². The molecular weight excluding hydrogens is 482 g/mol. The second-order valence-electron chi connectivity index (χ2n) is 8.14. The van der Waals surface area contributed by atoms with Crippen LogP contribution in [-0.2, 0) is 0 Å². The number of piperazine rings is 1. The van der Waals surface area contributed by atoms with Crippen molar-refractivity contribution < 1.29 is 14.3 Å². The van der Waals surface area contributed by atoms with E-state index in [1.165, 1.54) is 0 Å². The Hall–Kier alpha value is -4.02. The second kappa shape index (κ2) is 9.92. The topological polar surface area (TPSA) is 128 Å². The molecule has 0 aliphatic carbocycles. The van der Waals surface area contributed by atoms with Gasteiger partial charge in [-0.25, -0.2) is 15.0 Å². The van der Waals surface area contributed by atoms with Crippen LogP contribution in [0.25, 0.3) is 22.4 Å². The summed E-state index contributed by atoms with van der Waals surface area (Å²) in [6.07, 6.45) is 0. The lowest BCUT2D eigenvalue weighted by molar-refractivity contribution is 0.103. The first-order chi connectivity index (χ1) is 17.5. The molecule has 36 heavy (non-hydrogen) atoms. The third-order valence-electron chi connectivity index (χ3n) is 5.93. The van der Waals surface area contributed by atoms with E-state index in [-0.39, 0.29) is 28.6 Å². The molecule has 0 unspecified atom stereocenters. The summed E-state index contributed by atoms with van der Waals surface area (Å²) in [7, 11) is 3.15. The zero-order valence-electron chi connectivity index (χ0n) is 19.8. The van der Waals surface area contributed by atoms with Gasteiger partial charge in [-0.1, -0.05) is 11.6 Å². The molecule has 11 heteroatoms. The van der Waals surface area contributed by atoms with Gasteiger partial charge in [0.05, 0.1) is 14.2 Å². The van der Waals surface area contributed by atoms with Crippen molar-refractivity contribution >= 4 is 40.3 Å². The molecule has 2 aromatic carbocycles. The van der Waals surface area contributed by atoms with Crippen LogP contribution in [0, 0.1) is 0 Å². The molecule has 0 bridgehead atoms. The van der Waals surface area contributed by atoms with Crippen LogP contribution < -0.4 is 25.4 Å². The van der Waals surface area contributed by atoms with Crippen molar-refractivity contribution in [2.24, 2.45) is 0 Å². The molecule has 0 radical (unpaired) electrons. The number of carbonyl (C=O) groups is 1. The Kier molecular flexibility index (Phi) is 6.53. The summed E-state index contributed by atoms with van der Waals surface area (Å²) < 4.78 is 10.9. The Morgan fingerprint density at radius 2 is 1.69 bits per heavy atom. The molecule has 4 aromatic rings. The first kappa shape index (κ1) is 23.7. The number of halogens is 1. The minimum atomic E-state index is -0.353. The summed E-state index contributed by atoms with van der Waals surface area (Å²) in [5, 5.41) is 3.87. The van der Waals surface area contributed by atoms with Gasteiger partial charge in [0.2, 0.25) is 11.7 Å². The summed E-state index contributed by atoms with van der Waals surface area (Å²) in [5.41, 5.74) is 8.29. The van der Waals surface area contributed by atoms with Crippen LogP contribution in [0.3, 0.4) is 0 Å². The number of nitrogens with one attached hydrogen (secondary N) is 1. The zero-order chi connectivity index (χ0) is 25.2. The van der Waals surface area contributed by atoms with Gasteiger partial charge in [0.15, 0.2) is 23.0 Å². The number of fused-ring (bicyclic) bond motifs is 1. The number of rotatable bonds is 6. The molecule has 2 aromatic heterocycles. The molecule has 10 nitrogen and oxygen atoms in total. The Labute approximate surface area is 212 Å². The number of carbonyl (C=O) groups excluding carboxylic acids is 1. The number of benzene rings is 2. The van der Waals surface area contributed by atoms with Gasteiger partial charge in [-0.15, -0.1) is 0 Å². The van der Waals surface area contributed by atoms with E-state index < -0.39 is 0 Å². The quantitative estimate of drug-likeness (QED) is 0.377. The van der Waals surface area contributed by atoms with E-state index in [0.29, 0.717) is 33.6 Å². The highest BCUT2D eigenvalue weighted by Gasteiger charge is 2.25. The van der Waals surface area contributed by atoms with Gasteiger partial charge in [0.1, 0.15) is 16.9 Å². The molecule has 1 aliphatic heterocycles. The van der Waals surface area contributed by atoms with Gasteiger partial charge in [0.25, 0.3) is 0 Å². The number of anilines is 2. The van der Waals surface area contributed by atoms with Crippen molar-refractivity contribution in [1.82, 2.24) is 25.3 Å². The van der Waals surface area contributed by atoms with Crippen molar-refractivity contribution in [1.29, 1.82) is 0 Å². The van der Waals surface area contributed by atoms with Crippen LogP contribution in [0.15, 0.2) is 42.5 Å². The van der Waals surface area contributed by atoms with Gasteiger partial charge in [0, 0.05) is 42.3 Å². The predicted octanol–water partition coefficient (Wildman–Crippen LogP) is 2.98. The van der Waals surface area contributed by atoms with Crippen molar-refractivity contribution in [2.45, 2.75) is 0 Å². The largest absolute Gasteiger partial charge is 0.493 e. The van der Waals surface area contributed by atoms with Gasteiger partial charge in [-0.3, -0.25) is 4.79 Å². The molecule has 3 heterocycles. The third kappa shape index (κ3) is 4.48. The number of nitrogens with two attached hydrogens (primary N) is 1. The minimum Gasteiger partial charge on any atom is -0.493 e. The van der Waals surface area contributed by atoms with E-state index in [4.69, 9.17) is 36.8 Å². The molecule has 0 saturated carbocycles. The molecule has 1 saturated heterocycles. The Morgan fingerprint density at radius 1 is 0.972 bits per heavy atom. The normalized spacial score (nSPS) is 13.6. The Morgan fingerprint density at radius 3 is 2.39 bits per heavy atom. The van der Waals surface area contributed by atoms with Crippen LogP contribution in [-0.4, -0.2) is 66.1 Å². The van der Waals surface area contributed by atoms with Crippen LogP contribution in [0.2, 0.25) is 5.02 Å². The zero-order valence-corrected chi connectivity index (χ0v) is 20.5.